The Labute approximate surface area is 223 Å². The van der Waals surface area contributed by atoms with E-state index in [2.05, 4.69) is 24.3 Å². The number of halogens is 5. The van der Waals surface area contributed by atoms with Gasteiger partial charge in [0.2, 0.25) is 0 Å². The van der Waals surface area contributed by atoms with Crippen LogP contribution in [-0.2, 0) is 12.7 Å². The first-order valence-electron chi connectivity index (χ1n) is 12.9. The lowest BCUT2D eigenvalue weighted by atomic mass is 9.96. The van der Waals surface area contributed by atoms with E-state index in [9.17, 15) is 17.6 Å². The summed E-state index contributed by atoms with van der Waals surface area (Å²) < 4.78 is 56.1. The number of imidazole rings is 1. The van der Waals surface area contributed by atoms with E-state index >= 15 is 0 Å². The van der Waals surface area contributed by atoms with Crippen molar-refractivity contribution in [2.45, 2.75) is 50.7 Å². The summed E-state index contributed by atoms with van der Waals surface area (Å²) in [6.45, 7) is 4.96. The molecule has 2 aromatic heterocycles. The summed E-state index contributed by atoms with van der Waals surface area (Å²) >= 11 is 6.33. The van der Waals surface area contributed by atoms with Crippen LogP contribution < -0.4 is 10.6 Å². The molecule has 2 N–H and O–H groups in total. The van der Waals surface area contributed by atoms with Gasteiger partial charge in [0.25, 0.3) is 0 Å². The maximum Gasteiger partial charge on any atom is 0.419 e. The Morgan fingerprint density at radius 1 is 1.00 bits per heavy atom. The van der Waals surface area contributed by atoms with Crippen molar-refractivity contribution < 1.29 is 17.6 Å². The van der Waals surface area contributed by atoms with E-state index < -0.39 is 17.6 Å². The van der Waals surface area contributed by atoms with E-state index in [4.69, 9.17) is 22.3 Å². The van der Waals surface area contributed by atoms with Crippen LogP contribution >= 0.6 is 11.6 Å². The van der Waals surface area contributed by atoms with Crippen molar-refractivity contribution in [2.75, 3.05) is 43.4 Å². The summed E-state index contributed by atoms with van der Waals surface area (Å²) in [5.74, 6) is 0.471. The number of rotatable bonds is 6. The van der Waals surface area contributed by atoms with Crippen LogP contribution in [-0.4, -0.2) is 57.1 Å². The number of piperidine rings is 2. The first-order chi connectivity index (χ1) is 18.2. The molecule has 2 aliphatic heterocycles. The van der Waals surface area contributed by atoms with Gasteiger partial charge in [-0.1, -0.05) is 18.0 Å². The highest BCUT2D eigenvalue weighted by Gasteiger charge is 2.35. The molecule has 204 valence electrons. The molecule has 38 heavy (non-hydrogen) atoms. The van der Waals surface area contributed by atoms with Gasteiger partial charge in [-0.05, 0) is 57.0 Å². The van der Waals surface area contributed by atoms with Crippen molar-refractivity contribution in [2.24, 2.45) is 0 Å². The van der Waals surface area contributed by atoms with E-state index in [1.54, 1.807) is 6.20 Å². The summed E-state index contributed by atoms with van der Waals surface area (Å²) in [4.78, 5) is 17.5. The van der Waals surface area contributed by atoms with Gasteiger partial charge >= 0.3 is 6.18 Å². The van der Waals surface area contributed by atoms with Crippen molar-refractivity contribution in [3.8, 4) is 11.3 Å². The molecule has 0 unspecified atom stereocenters. The zero-order chi connectivity index (χ0) is 26.9. The maximum atomic E-state index is 13.9. The number of hydrogen-bond acceptors (Lipinski definition) is 6. The third kappa shape index (κ3) is 5.73. The number of nitrogens with two attached hydrogens (primary N) is 1. The number of benzene rings is 1. The van der Waals surface area contributed by atoms with Gasteiger partial charge in [0.15, 0.2) is 5.82 Å². The number of anilines is 2. The van der Waals surface area contributed by atoms with E-state index in [-0.39, 0.29) is 17.3 Å². The second-order valence-corrected chi connectivity index (χ2v) is 10.3. The van der Waals surface area contributed by atoms with E-state index in [0.29, 0.717) is 36.2 Å². The Balaban J connectivity index is 1.40. The third-order valence-electron chi connectivity index (χ3n) is 7.44. The van der Waals surface area contributed by atoms with Crippen LogP contribution in [0.2, 0.25) is 5.02 Å². The van der Waals surface area contributed by atoms with Gasteiger partial charge in [-0.3, -0.25) is 0 Å². The van der Waals surface area contributed by atoms with Gasteiger partial charge in [-0.25, -0.2) is 19.3 Å². The fourth-order valence-corrected chi connectivity index (χ4v) is 5.57. The van der Waals surface area contributed by atoms with E-state index in [1.165, 1.54) is 31.7 Å². The van der Waals surface area contributed by atoms with Crippen molar-refractivity contribution in [3.63, 3.8) is 0 Å². The molecule has 12 heteroatoms. The fourth-order valence-electron chi connectivity index (χ4n) is 5.35. The molecule has 2 saturated heterocycles. The highest BCUT2D eigenvalue weighted by Crippen LogP contribution is 2.37. The lowest BCUT2D eigenvalue weighted by Gasteiger charge is -2.33. The maximum absolute atomic E-state index is 13.9. The average molecular weight is 552 g/mol. The highest BCUT2D eigenvalue weighted by molar-refractivity contribution is 6.35. The molecule has 3 aromatic rings. The molecule has 0 spiro atoms. The molecule has 1 aromatic carbocycles. The molecule has 0 amide bonds. The minimum Gasteiger partial charge on any atom is -0.382 e. The molecule has 0 bridgehead atoms. The van der Waals surface area contributed by atoms with Crippen LogP contribution in [0.5, 0.6) is 0 Å². The second kappa shape index (κ2) is 11.1. The third-order valence-corrected chi connectivity index (χ3v) is 7.80. The van der Waals surface area contributed by atoms with Crippen LogP contribution in [0, 0.1) is 5.82 Å². The summed E-state index contributed by atoms with van der Waals surface area (Å²) in [6, 6.07) is 3.07. The summed E-state index contributed by atoms with van der Waals surface area (Å²) in [6.07, 6.45) is 3.52. The number of likely N-dealkylation sites (tertiary alicyclic amines) is 1. The zero-order valence-electron chi connectivity index (χ0n) is 20.9. The molecule has 0 aliphatic carbocycles. The Morgan fingerprint density at radius 2 is 1.74 bits per heavy atom. The SMILES string of the molecule is Nc1ncnc(N2CCC(c3nc(-c4ccc(F)c(C(F)(F)F)c4)cn3CCN3CCCCC3)CC2)c1Cl. The topological polar surface area (TPSA) is 76.1 Å². The molecule has 2 fully saturated rings. The molecular weight excluding hydrogens is 522 g/mol. The Kier molecular flexibility index (Phi) is 7.76. The Morgan fingerprint density at radius 3 is 2.45 bits per heavy atom. The van der Waals surface area contributed by atoms with Gasteiger partial charge < -0.3 is 20.1 Å². The van der Waals surface area contributed by atoms with Crippen molar-refractivity contribution in [3.05, 3.63) is 53.0 Å². The van der Waals surface area contributed by atoms with E-state index in [1.807, 2.05) is 0 Å². The number of aromatic nitrogens is 4. The lowest BCUT2D eigenvalue weighted by molar-refractivity contribution is -0.139. The molecule has 2 aliphatic rings. The van der Waals surface area contributed by atoms with Crippen molar-refractivity contribution in [1.82, 2.24) is 24.4 Å². The molecular formula is C26H30ClF4N7. The number of nitrogens with zero attached hydrogens (tertiary/aromatic N) is 6. The lowest BCUT2D eigenvalue weighted by Crippen LogP contribution is -2.35. The predicted molar refractivity (Wildman–Crippen MR) is 139 cm³/mol. The minimum atomic E-state index is -4.78. The van der Waals surface area contributed by atoms with Crippen LogP contribution in [0.1, 0.15) is 49.4 Å². The minimum absolute atomic E-state index is 0.0989. The molecule has 0 saturated carbocycles. The number of nitrogen functional groups attached to an aromatic ring is 1. The van der Waals surface area contributed by atoms with Gasteiger partial charge in [0.05, 0.1) is 11.3 Å². The van der Waals surface area contributed by atoms with Crippen molar-refractivity contribution in [1.29, 1.82) is 0 Å². The van der Waals surface area contributed by atoms with Crippen LogP contribution in [0.25, 0.3) is 11.3 Å². The van der Waals surface area contributed by atoms with E-state index in [0.717, 1.165) is 50.4 Å². The second-order valence-electron chi connectivity index (χ2n) is 9.93. The first kappa shape index (κ1) is 26.7. The fraction of sp³-hybridized carbons (Fsp3) is 0.500. The van der Waals surface area contributed by atoms with Gasteiger partial charge in [-0.15, -0.1) is 0 Å². The summed E-state index contributed by atoms with van der Waals surface area (Å²) in [5, 5.41) is 0.327. The van der Waals surface area contributed by atoms with Crippen LogP contribution in [0.3, 0.4) is 0 Å². The Hall–Kier alpha value is -2.92. The number of hydrogen-bond donors (Lipinski definition) is 1. The van der Waals surface area contributed by atoms with Crippen LogP contribution in [0.4, 0.5) is 29.2 Å². The zero-order valence-corrected chi connectivity index (χ0v) is 21.6. The summed E-state index contributed by atoms with van der Waals surface area (Å²) in [5.41, 5.74) is 5.22. The largest absolute Gasteiger partial charge is 0.419 e. The van der Waals surface area contributed by atoms with Gasteiger partial charge in [-0.2, -0.15) is 13.2 Å². The first-order valence-corrected chi connectivity index (χ1v) is 13.3. The molecule has 7 nitrogen and oxygen atoms in total. The molecule has 4 heterocycles. The van der Waals surface area contributed by atoms with Gasteiger partial charge in [0.1, 0.15) is 28.8 Å². The molecule has 0 atom stereocenters. The normalized spacial score (nSPS) is 17.8. The average Bonchev–Trinajstić information content (AvgIpc) is 3.34. The van der Waals surface area contributed by atoms with Crippen LogP contribution in [0.15, 0.2) is 30.7 Å². The van der Waals surface area contributed by atoms with Crippen molar-refractivity contribution >= 4 is 23.2 Å². The highest BCUT2D eigenvalue weighted by atomic mass is 35.5. The monoisotopic (exact) mass is 551 g/mol. The molecule has 5 rings (SSSR count). The molecule has 0 radical (unpaired) electrons. The summed E-state index contributed by atoms with van der Waals surface area (Å²) in [7, 11) is 0. The predicted octanol–water partition coefficient (Wildman–Crippen LogP) is 5.60. The quantitative estimate of drug-likeness (QED) is 0.402. The Bertz CT molecular complexity index is 1260. The smallest absolute Gasteiger partial charge is 0.382 e. The standard InChI is InChI=1S/C26H30ClF4N7/c27-22-23(32)33-16-34-25(22)37-10-6-17(7-11-37)24-35-21(15-38(24)13-12-36-8-2-1-3-9-36)18-4-5-20(28)19(14-18)26(29,30)31/h4-5,14-17H,1-3,6-13H2,(H2,32,33,34). The number of alkyl halides is 3. The van der Waals surface area contributed by atoms with Gasteiger partial charge in [0, 0.05) is 43.9 Å².